The number of halogens is 3. The van der Waals surface area contributed by atoms with Gasteiger partial charge >= 0.3 is 0 Å². The Labute approximate surface area is 148 Å². The SMILES string of the molecule is CC(=NNC(=O)COc1cc(Cl)c(Cl)cc1Cl)c1ccc(C)o1. The zero-order chi connectivity index (χ0) is 17.0. The van der Waals surface area contributed by atoms with Gasteiger partial charge in [0.1, 0.15) is 23.0 Å². The van der Waals surface area contributed by atoms with Crippen LogP contribution < -0.4 is 10.2 Å². The first kappa shape index (κ1) is 17.7. The molecule has 1 aromatic heterocycles. The second-order valence-corrected chi connectivity index (χ2v) is 5.85. The highest BCUT2D eigenvalue weighted by molar-refractivity contribution is 6.43. The van der Waals surface area contributed by atoms with Crippen LogP contribution in [0.1, 0.15) is 18.4 Å². The van der Waals surface area contributed by atoms with Crippen LogP contribution in [0.25, 0.3) is 0 Å². The van der Waals surface area contributed by atoms with Gasteiger partial charge in [-0.05, 0) is 32.0 Å². The van der Waals surface area contributed by atoms with Crippen molar-refractivity contribution in [1.29, 1.82) is 0 Å². The van der Waals surface area contributed by atoms with Gasteiger partial charge in [-0.25, -0.2) is 5.43 Å². The van der Waals surface area contributed by atoms with Crippen molar-refractivity contribution in [1.82, 2.24) is 5.43 Å². The van der Waals surface area contributed by atoms with Crippen molar-refractivity contribution in [2.24, 2.45) is 5.10 Å². The Bertz CT molecular complexity index is 756. The molecular weight excluding hydrogens is 363 g/mol. The lowest BCUT2D eigenvalue weighted by Gasteiger charge is -2.08. The van der Waals surface area contributed by atoms with Gasteiger partial charge < -0.3 is 9.15 Å². The Hall–Kier alpha value is -1.69. The Kier molecular flexibility index (Phi) is 5.93. The number of benzene rings is 1. The molecule has 0 aliphatic rings. The lowest BCUT2D eigenvalue weighted by molar-refractivity contribution is -0.123. The van der Waals surface area contributed by atoms with Crippen molar-refractivity contribution < 1.29 is 13.9 Å². The van der Waals surface area contributed by atoms with Crippen LogP contribution in [0, 0.1) is 6.92 Å². The lowest BCUT2D eigenvalue weighted by Crippen LogP contribution is -2.25. The molecule has 0 atom stereocenters. The van der Waals surface area contributed by atoms with Crippen LogP contribution in [0.4, 0.5) is 0 Å². The number of hydrazone groups is 1. The Morgan fingerprint density at radius 1 is 1.22 bits per heavy atom. The number of nitrogens with one attached hydrogen (secondary N) is 1. The van der Waals surface area contributed by atoms with Gasteiger partial charge in [-0.1, -0.05) is 34.8 Å². The molecule has 23 heavy (non-hydrogen) atoms. The number of aryl methyl sites for hydroxylation is 1. The molecule has 0 saturated heterocycles. The maximum atomic E-state index is 11.7. The molecule has 0 radical (unpaired) electrons. The first-order valence-electron chi connectivity index (χ1n) is 6.54. The smallest absolute Gasteiger partial charge is 0.277 e. The highest BCUT2D eigenvalue weighted by atomic mass is 35.5. The van der Waals surface area contributed by atoms with Crippen LogP contribution in [0.5, 0.6) is 5.75 Å². The van der Waals surface area contributed by atoms with E-state index in [4.69, 9.17) is 44.0 Å². The fourth-order valence-corrected chi connectivity index (χ4v) is 2.21. The molecule has 1 aromatic carbocycles. The van der Waals surface area contributed by atoms with E-state index in [-0.39, 0.29) is 22.4 Å². The molecule has 0 aliphatic carbocycles. The Morgan fingerprint density at radius 2 is 1.91 bits per heavy atom. The summed E-state index contributed by atoms with van der Waals surface area (Å²) in [7, 11) is 0. The number of nitrogens with zero attached hydrogens (tertiary/aromatic N) is 1. The molecule has 2 rings (SSSR count). The maximum absolute atomic E-state index is 11.7. The second-order valence-electron chi connectivity index (χ2n) is 4.63. The van der Waals surface area contributed by atoms with E-state index in [9.17, 15) is 4.79 Å². The molecule has 0 spiro atoms. The molecule has 8 heteroatoms. The van der Waals surface area contributed by atoms with Crippen LogP contribution in [-0.2, 0) is 4.79 Å². The van der Waals surface area contributed by atoms with Crippen LogP contribution in [0.2, 0.25) is 15.1 Å². The van der Waals surface area contributed by atoms with Crippen LogP contribution >= 0.6 is 34.8 Å². The van der Waals surface area contributed by atoms with Crippen LogP contribution in [0.15, 0.2) is 33.8 Å². The van der Waals surface area contributed by atoms with E-state index in [1.54, 1.807) is 13.0 Å². The average molecular weight is 376 g/mol. The number of hydrogen-bond acceptors (Lipinski definition) is 4. The van der Waals surface area contributed by atoms with Crippen molar-refractivity contribution in [3.05, 3.63) is 50.9 Å². The molecule has 1 amide bonds. The quantitative estimate of drug-likeness (QED) is 0.476. The number of carbonyl (C=O) groups excluding carboxylic acids is 1. The summed E-state index contributed by atoms with van der Waals surface area (Å²) in [5.74, 6) is 1.16. The van der Waals surface area contributed by atoms with Gasteiger partial charge in [0.05, 0.1) is 15.1 Å². The third-order valence-corrected chi connectivity index (χ3v) is 3.80. The van der Waals surface area contributed by atoms with Crippen LogP contribution in [0.3, 0.4) is 0 Å². The average Bonchev–Trinajstić information content (AvgIpc) is 2.93. The van der Waals surface area contributed by atoms with E-state index in [1.165, 1.54) is 12.1 Å². The number of hydrogen-bond donors (Lipinski definition) is 1. The monoisotopic (exact) mass is 374 g/mol. The molecule has 1 heterocycles. The number of furan rings is 1. The summed E-state index contributed by atoms with van der Waals surface area (Å²) in [4.78, 5) is 11.7. The third-order valence-electron chi connectivity index (χ3n) is 2.78. The van der Waals surface area contributed by atoms with Gasteiger partial charge in [0.2, 0.25) is 0 Å². The zero-order valence-electron chi connectivity index (χ0n) is 12.3. The minimum absolute atomic E-state index is 0.262. The normalized spacial score (nSPS) is 11.4. The van der Waals surface area contributed by atoms with E-state index >= 15 is 0 Å². The van der Waals surface area contributed by atoms with E-state index < -0.39 is 5.91 Å². The minimum atomic E-state index is -0.449. The molecule has 0 saturated carbocycles. The zero-order valence-corrected chi connectivity index (χ0v) is 14.6. The first-order chi connectivity index (χ1) is 10.9. The van der Waals surface area contributed by atoms with Gasteiger partial charge in [0.25, 0.3) is 5.91 Å². The van der Waals surface area contributed by atoms with Gasteiger partial charge in [0, 0.05) is 6.07 Å². The topological polar surface area (TPSA) is 63.8 Å². The summed E-state index contributed by atoms with van der Waals surface area (Å²) in [6.45, 7) is 3.27. The molecule has 0 aliphatic heterocycles. The summed E-state index contributed by atoms with van der Waals surface area (Å²) in [5.41, 5.74) is 2.91. The van der Waals surface area contributed by atoms with E-state index in [0.29, 0.717) is 16.5 Å². The molecule has 0 bridgehead atoms. The van der Waals surface area contributed by atoms with E-state index in [1.807, 2.05) is 13.0 Å². The van der Waals surface area contributed by atoms with Crippen molar-refractivity contribution in [3.8, 4) is 5.75 Å². The fraction of sp³-hybridized carbons (Fsp3) is 0.200. The molecular formula is C15H13Cl3N2O3. The summed E-state index contributed by atoms with van der Waals surface area (Å²) in [6, 6.07) is 6.47. The van der Waals surface area contributed by atoms with Gasteiger partial charge in [-0.15, -0.1) is 0 Å². The number of ether oxygens (including phenoxy) is 1. The molecule has 0 unspecified atom stereocenters. The highest BCUT2D eigenvalue weighted by Crippen LogP contribution is 2.33. The fourth-order valence-electron chi connectivity index (χ4n) is 1.62. The van der Waals surface area contributed by atoms with Crippen molar-refractivity contribution in [2.45, 2.75) is 13.8 Å². The largest absolute Gasteiger partial charge is 0.482 e. The maximum Gasteiger partial charge on any atom is 0.277 e. The summed E-state index contributed by atoms with van der Waals surface area (Å²) >= 11 is 17.6. The highest BCUT2D eigenvalue weighted by Gasteiger charge is 2.10. The number of amides is 1. The van der Waals surface area contributed by atoms with Gasteiger partial charge in [-0.3, -0.25) is 4.79 Å². The molecule has 1 N–H and O–H groups in total. The van der Waals surface area contributed by atoms with Crippen molar-refractivity contribution in [2.75, 3.05) is 6.61 Å². The van der Waals surface area contributed by atoms with Crippen molar-refractivity contribution in [3.63, 3.8) is 0 Å². The Morgan fingerprint density at radius 3 is 2.57 bits per heavy atom. The standard InChI is InChI=1S/C15H13Cl3N2O3/c1-8-3-4-13(23-8)9(2)19-20-15(21)7-22-14-6-11(17)10(16)5-12(14)18/h3-6H,7H2,1-2H3,(H,20,21). The third kappa shape index (κ3) is 4.89. The summed E-state index contributed by atoms with van der Waals surface area (Å²) in [6.07, 6.45) is 0. The van der Waals surface area contributed by atoms with Gasteiger partial charge in [-0.2, -0.15) is 5.10 Å². The predicted molar refractivity (Wildman–Crippen MR) is 90.8 cm³/mol. The predicted octanol–water partition coefficient (Wildman–Crippen LogP) is 4.47. The second kappa shape index (κ2) is 7.73. The molecule has 2 aromatic rings. The summed E-state index contributed by atoms with van der Waals surface area (Å²) < 4.78 is 10.7. The molecule has 122 valence electrons. The number of carbonyl (C=O) groups is 1. The number of rotatable bonds is 5. The molecule has 5 nitrogen and oxygen atoms in total. The van der Waals surface area contributed by atoms with Crippen molar-refractivity contribution >= 4 is 46.4 Å². The minimum Gasteiger partial charge on any atom is -0.482 e. The first-order valence-corrected chi connectivity index (χ1v) is 7.67. The van der Waals surface area contributed by atoms with Gasteiger partial charge in [0.15, 0.2) is 6.61 Å². The van der Waals surface area contributed by atoms with E-state index in [0.717, 1.165) is 5.76 Å². The van der Waals surface area contributed by atoms with Crippen LogP contribution in [-0.4, -0.2) is 18.2 Å². The van der Waals surface area contributed by atoms with E-state index in [2.05, 4.69) is 10.5 Å². The lowest BCUT2D eigenvalue weighted by atomic mass is 10.3. The Balaban J connectivity index is 1.92. The summed E-state index contributed by atoms with van der Waals surface area (Å²) in [5, 5.41) is 4.79. The molecule has 0 fully saturated rings.